The van der Waals surface area contributed by atoms with Crippen LogP contribution in [0.2, 0.25) is 5.02 Å². The number of benzene rings is 2. The lowest BCUT2D eigenvalue weighted by atomic mass is 10.1. The summed E-state index contributed by atoms with van der Waals surface area (Å²) < 4.78 is 13.0. The molecule has 1 heterocycles. The predicted molar refractivity (Wildman–Crippen MR) is 106 cm³/mol. The summed E-state index contributed by atoms with van der Waals surface area (Å²) in [6.45, 7) is 0. The van der Waals surface area contributed by atoms with Gasteiger partial charge in [0, 0.05) is 6.07 Å². The standard InChI is InChI=1S/C20H16ClFN4O2/c21-15-11-24-18(26-19(27)9-12-5-7-13(22)8-6-12)10-17(15)25-16-4-2-1-3-14(16)20(23)28/h1-8,10-11H,9H2,(H2,23,28)(H2,24,25,26,27). The Morgan fingerprint density at radius 3 is 2.50 bits per heavy atom. The number of carbonyl (C=O) groups is 2. The number of hydrogen-bond donors (Lipinski definition) is 3. The normalized spacial score (nSPS) is 10.4. The van der Waals surface area contributed by atoms with E-state index in [1.807, 2.05) is 0 Å². The number of primary amides is 1. The van der Waals surface area contributed by atoms with Gasteiger partial charge in [0.2, 0.25) is 5.91 Å². The summed E-state index contributed by atoms with van der Waals surface area (Å²) in [5.41, 5.74) is 7.28. The first-order valence-electron chi connectivity index (χ1n) is 8.28. The Labute approximate surface area is 165 Å². The van der Waals surface area contributed by atoms with Gasteiger partial charge in [-0.2, -0.15) is 0 Å². The molecule has 0 unspecified atom stereocenters. The zero-order chi connectivity index (χ0) is 20.1. The van der Waals surface area contributed by atoms with Gasteiger partial charge in [-0.3, -0.25) is 9.59 Å². The lowest BCUT2D eigenvalue weighted by Gasteiger charge is -2.13. The maximum Gasteiger partial charge on any atom is 0.250 e. The number of anilines is 3. The van der Waals surface area contributed by atoms with Crippen molar-refractivity contribution in [3.63, 3.8) is 0 Å². The van der Waals surface area contributed by atoms with Crippen molar-refractivity contribution in [2.24, 2.45) is 5.73 Å². The van der Waals surface area contributed by atoms with Gasteiger partial charge in [-0.25, -0.2) is 9.37 Å². The van der Waals surface area contributed by atoms with Gasteiger partial charge in [0.25, 0.3) is 5.91 Å². The molecule has 0 spiro atoms. The van der Waals surface area contributed by atoms with Crippen LogP contribution in [0.15, 0.2) is 60.8 Å². The molecule has 0 aliphatic carbocycles. The molecule has 2 amide bonds. The lowest BCUT2D eigenvalue weighted by molar-refractivity contribution is -0.115. The second-order valence-electron chi connectivity index (χ2n) is 5.94. The molecule has 142 valence electrons. The molecule has 0 saturated heterocycles. The number of halogens is 2. The van der Waals surface area contributed by atoms with E-state index in [4.69, 9.17) is 17.3 Å². The molecule has 0 radical (unpaired) electrons. The second-order valence-corrected chi connectivity index (χ2v) is 6.34. The van der Waals surface area contributed by atoms with E-state index in [2.05, 4.69) is 15.6 Å². The molecule has 4 N–H and O–H groups in total. The Morgan fingerprint density at radius 2 is 1.79 bits per heavy atom. The van der Waals surface area contributed by atoms with Gasteiger partial charge < -0.3 is 16.4 Å². The van der Waals surface area contributed by atoms with Gasteiger partial charge in [-0.1, -0.05) is 35.9 Å². The third-order valence-corrected chi connectivity index (χ3v) is 4.16. The first-order chi connectivity index (χ1) is 13.4. The summed E-state index contributed by atoms with van der Waals surface area (Å²) in [5, 5.41) is 5.99. The minimum Gasteiger partial charge on any atom is -0.366 e. The van der Waals surface area contributed by atoms with E-state index in [0.29, 0.717) is 27.5 Å². The van der Waals surface area contributed by atoms with Gasteiger partial charge in [-0.15, -0.1) is 0 Å². The molecule has 3 aromatic rings. The van der Waals surface area contributed by atoms with Crippen molar-refractivity contribution in [1.29, 1.82) is 0 Å². The van der Waals surface area contributed by atoms with E-state index in [-0.39, 0.29) is 24.0 Å². The lowest BCUT2D eigenvalue weighted by Crippen LogP contribution is -2.16. The largest absolute Gasteiger partial charge is 0.366 e. The Hall–Kier alpha value is -3.45. The van der Waals surface area contributed by atoms with Crippen molar-refractivity contribution >= 4 is 40.6 Å². The Bertz CT molecular complexity index is 1020. The zero-order valence-electron chi connectivity index (χ0n) is 14.6. The van der Waals surface area contributed by atoms with E-state index in [0.717, 1.165) is 0 Å². The van der Waals surface area contributed by atoms with Gasteiger partial charge in [0.15, 0.2) is 0 Å². The average molecular weight is 399 g/mol. The number of pyridine rings is 1. The molecule has 0 aliphatic rings. The number of nitrogens with one attached hydrogen (secondary N) is 2. The Morgan fingerprint density at radius 1 is 1.07 bits per heavy atom. The molecule has 2 aromatic carbocycles. The highest BCUT2D eigenvalue weighted by Gasteiger charge is 2.11. The molecule has 1 aromatic heterocycles. The minimum absolute atomic E-state index is 0.0673. The molecular weight excluding hydrogens is 383 g/mol. The molecule has 8 heteroatoms. The summed E-state index contributed by atoms with van der Waals surface area (Å²) in [4.78, 5) is 27.8. The third kappa shape index (κ3) is 4.83. The van der Waals surface area contributed by atoms with Gasteiger partial charge >= 0.3 is 0 Å². The molecule has 0 atom stereocenters. The summed E-state index contributed by atoms with van der Waals surface area (Å²) in [7, 11) is 0. The maximum absolute atomic E-state index is 13.0. The van der Waals surface area contributed by atoms with E-state index in [1.165, 1.54) is 30.5 Å². The highest BCUT2D eigenvalue weighted by Crippen LogP contribution is 2.28. The van der Waals surface area contributed by atoms with Crippen LogP contribution in [0.4, 0.5) is 21.6 Å². The molecule has 0 saturated carbocycles. The zero-order valence-corrected chi connectivity index (χ0v) is 15.3. The molecule has 6 nitrogen and oxygen atoms in total. The molecule has 28 heavy (non-hydrogen) atoms. The minimum atomic E-state index is -0.582. The summed E-state index contributed by atoms with van der Waals surface area (Å²) in [6.07, 6.45) is 1.45. The number of amides is 2. The number of rotatable bonds is 6. The fourth-order valence-corrected chi connectivity index (χ4v) is 2.68. The van der Waals surface area contributed by atoms with Crippen molar-refractivity contribution in [1.82, 2.24) is 4.98 Å². The van der Waals surface area contributed by atoms with Gasteiger partial charge in [-0.05, 0) is 29.8 Å². The molecular formula is C20H16ClFN4O2. The van der Waals surface area contributed by atoms with Crippen molar-refractivity contribution in [2.45, 2.75) is 6.42 Å². The van der Waals surface area contributed by atoms with Crippen LogP contribution in [-0.2, 0) is 11.2 Å². The van der Waals surface area contributed by atoms with Crippen LogP contribution in [0.25, 0.3) is 0 Å². The van der Waals surface area contributed by atoms with Crippen LogP contribution in [0.5, 0.6) is 0 Å². The fourth-order valence-electron chi connectivity index (χ4n) is 2.53. The quantitative estimate of drug-likeness (QED) is 0.586. The summed E-state index contributed by atoms with van der Waals surface area (Å²) >= 11 is 6.17. The summed E-state index contributed by atoms with van der Waals surface area (Å²) in [6, 6.07) is 13.9. The third-order valence-electron chi connectivity index (χ3n) is 3.86. The Kier molecular flexibility index (Phi) is 5.86. The number of para-hydroxylation sites is 1. The SMILES string of the molecule is NC(=O)c1ccccc1Nc1cc(NC(=O)Cc2ccc(F)cc2)ncc1Cl. The highest BCUT2D eigenvalue weighted by atomic mass is 35.5. The van der Waals surface area contributed by atoms with Crippen LogP contribution in [0, 0.1) is 5.82 Å². The van der Waals surface area contributed by atoms with E-state index < -0.39 is 5.91 Å². The van der Waals surface area contributed by atoms with Crippen molar-refractivity contribution in [3.05, 3.63) is 82.8 Å². The molecule has 3 rings (SSSR count). The summed E-state index contributed by atoms with van der Waals surface area (Å²) in [5.74, 6) is -0.989. The molecule has 0 bridgehead atoms. The number of nitrogens with two attached hydrogens (primary N) is 1. The number of hydrogen-bond acceptors (Lipinski definition) is 4. The first-order valence-corrected chi connectivity index (χ1v) is 8.66. The highest BCUT2D eigenvalue weighted by molar-refractivity contribution is 6.33. The van der Waals surface area contributed by atoms with Crippen LogP contribution < -0.4 is 16.4 Å². The van der Waals surface area contributed by atoms with Crippen LogP contribution in [-0.4, -0.2) is 16.8 Å². The molecule has 0 fully saturated rings. The Balaban J connectivity index is 1.75. The predicted octanol–water partition coefficient (Wildman–Crippen LogP) is 3.90. The number of carbonyl (C=O) groups excluding carboxylic acids is 2. The smallest absolute Gasteiger partial charge is 0.250 e. The van der Waals surface area contributed by atoms with Crippen LogP contribution in [0.1, 0.15) is 15.9 Å². The monoisotopic (exact) mass is 398 g/mol. The first kappa shape index (κ1) is 19.3. The second kappa shape index (κ2) is 8.49. The fraction of sp³-hybridized carbons (Fsp3) is 0.0500. The van der Waals surface area contributed by atoms with Crippen LogP contribution in [0.3, 0.4) is 0 Å². The van der Waals surface area contributed by atoms with E-state index in [1.54, 1.807) is 30.3 Å². The van der Waals surface area contributed by atoms with Gasteiger partial charge in [0.05, 0.1) is 34.6 Å². The molecule has 0 aliphatic heterocycles. The van der Waals surface area contributed by atoms with Crippen molar-refractivity contribution < 1.29 is 14.0 Å². The van der Waals surface area contributed by atoms with Gasteiger partial charge in [0.1, 0.15) is 11.6 Å². The topological polar surface area (TPSA) is 97.1 Å². The van der Waals surface area contributed by atoms with E-state index in [9.17, 15) is 14.0 Å². The average Bonchev–Trinajstić information content (AvgIpc) is 2.66. The van der Waals surface area contributed by atoms with Crippen molar-refractivity contribution in [3.8, 4) is 0 Å². The maximum atomic E-state index is 13.0. The van der Waals surface area contributed by atoms with Crippen LogP contribution >= 0.6 is 11.6 Å². The number of nitrogens with zero attached hydrogens (tertiary/aromatic N) is 1. The van der Waals surface area contributed by atoms with Crippen molar-refractivity contribution in [2.75, 3.05) is 10.6 Å². The number of aromatic nitrogens is 1. The van der Waals surface area contributed by atoms with E-state index >= 15 is 0 Å².